The summed E-state index contributed by atoms with van der Waals surface area (Å²) in [6.07, 6.45) is 2.77. The summed E-state index contributed by atoms with van der Waals surface area (Å²) >= 11 is 0. The fourth-order valence-corrected chi connectivity index (χ4v) is 3.00. The van der Waals surface area contributed by atoms with Gasteiger partial charge in [-0.25, -0.2) is 14.4 Å². The highest BCUT2D eigenvalue weighted by molar-refractivity contribution is 5.99. The predicted octanol–water partition coefficient (Wildman–Crippen LogP) is 2.72. The van der Waals surface area contributed by atoms with Crippen molar-refractivity contribution in [2.45, 2.75) is 13.0 Å². The van der Waals surface area contributed by atoms with E-state index in [0.29, 0.717) is 17.0 Å². The topological polar surface area (TPSA) is 116 Å². The quantitative estimate of drug-likeness (QED) is 0.541. The number of furan rings is 1. The average Bonchev–Trinajstić information content (AvgIpc) is 3.36. The smallest absolute Gasteiger partial charge is 0.271 e. The number of nitrogens with zero attached hydrogens (tertiary/aromatic N) is 3. The van der Waals surface area contributed by atoms with Crippen LogP contribution in [-0.2, 0) is 0 Å². The fourth-order valence-electron chi connectivity index (χ4n) is 3.00. The van der Waals surface area contributed by atoms with Crippen LogP contribution in [0, 0.1) is 5.82 Å². The van der Waals surface area contributed by atoms with Gasteiger partial charge in [-0.2, -0.15) is 0 Å². The lowest BCUT2D eigenvalue weighted by Gasteiger charge is -2.15. The molecule has 0 saturated carbocycles. The molecule has 0 spiro atoms. The zero-order valence-electron chi connectivity index (χ0n) is 15.3. The third-order valence-corrected chi connectivity index (χ3v) is 4.44. The van der Waals surface area contributed by atoms with Crippen LogP contribution in [0.3, 0.4) is 0 Å². The van der Waals surface area contributed by atoms with E-state index in [0.717, 1.165) is 0 Å². The average molecular weight is 393 g/mol. The highest BCUT2D eigenvalue weighted by atomic mass is 19.1. The zero-order valence-corrected chi connectivity index (χ0v) is 15.3. The second-order valence-electron chi connectivity index (χ2n) is 6.41. The van der Waals surface area contributed by atoms with Crippen LogP contribution in [0.25, 0.3) is 17.1 Å². The monoisotopic (exact) mass is 393 g/mol. The van der Waals surface area contributed by atoms with Crippen molar-refractivity contribution in [1.82, 2.24) is 19.7 Å². The first-order valence-corrected chi connectivity index (χ1v) is 8.72. The van der Waals surface area contributed by atoms with Crippen LogP contribution in [-0.4, -0.2) is 26.2 Å². The van der Waals surface area contributed by atoms with Crippen LogP contribution in [0.4, 0.5) is 4.39 Å². The zero-order chi connectivity index (χ0) is 20.5. The van der Waals surface area contributed by atoms with Gasteiger partial charge in [-0.3, -0.25) is 14.0 Å². The number of nitrogens with one attached hydrogen (secondary N) is 1. The van der Waals surface area contributed by atoms with Gasteiger partial charge in [0.15, 0.2) is 17.1 Å². The molecule has 4 aromatic rings. The molecule has 0 aliphatic heterocycles. The van der Waals surface area contributed by atoms with E-state index in [9.17, 15) is 14.0 Å². The van der Waals surface area contributed by atoms with Crippen molar-refractivity contribution >= 4 is 17.5 Å². The van der Waals surface area contributed by atoms with E-state index in [-0.39, 0.29) is 17.0 Å². The summed E-state index contributed by atoms with van der Waals surface area (Å²) < 4.78 is 20.2. The molecule has 0 radical (unpaired) electrons. The maximum absolute atomic E-state index is 13.5. The number of amides is 2. The highest BCUT2D eigenvalue weighted by Gasteiger charge is 2.21. The van der Waals surface area contributed by atoms with E-state index >= 15 is 0 Å². The number of hydrogen-bond donors (Lipinski definition) is 2. The van der Waals surface area contributed by atoms with E-state index in [1.807, 2.05) is 0 Å². The fraction of sp³-hybridized carbons (Fsp3) is 0.100. The summed E-state index contributed by atoms with van der Waals surface area (Å²) in [6.45, 7) is 1.74. The number of hydrogen-bond acceptors (Lipinski definition) is 5. The number of nitrogens with two attached hydrogens (primary N) is 1. The lowest BCUT2D eigenvalue weighted by molar-refractivity contribution is 0.0932. The van der Waals surface area contributed by atoms with Gasteiger partial charge in [0.1, 0.15) is 23.5 Å². The molecule has 8 nitrogen and oxygen atoms in total. The SMILES string of the molecule is C[C@H](NC(=O)c1cc(-c2ccco2)nc2c(C(N)=O)ncn12)c1cccc(F)c1. The minimum Gasteiger partial charge on any atom is -0.463 e. The number of primary amides is 1. The minimum absolute atomic E-state index is 0.0642. The Morgan fingerprint density at radius 2 is 2.07 bits per heavy atom. The van der Waals surface area contributed by atoms with Crippen LogP contribution in [0.5, 0.6) is 0 Å². The first-order valence-electron chi connectivity index (χ1n) is 8.72. The molecular formula is C20H16FN5O3. The summed E-state index contributed by atoms with van der Waals surface area (Å²) in [4.78, 5) is 33.0. The number of benzene rings is 1. The van der Waals surface area contributed by atoms with Crippen molar-refractivity contribution < 1.29 is 18.4 Å². The Kier molecular flexibility index (Phi) is 4.55. The van der Waals surface area contributed by atoms with Gasteiger partial charge < -0.3 is 15.5 Å². The lowest BCUT2D eigenvalue weighted by atomic mass is 10.1. The van der Waals surface area contributed by atoms with Crippen molar-refractivity contribution in [2.75, 3.05) is 0 Å². The predicted molar refractivity (Wildman–Crippen MR) is 101 cm³/mol. The van der Waals surface area contributed by atoms with E-state index in [1.165, 1.54) is 35.2 Å². The Hall–Kier alpha value is -4.01. The molecular weight excluding hydrogens is 377 g/mol. The molecule has 3 heterocycles. The second kappa shape index (κ2) is 7.19. The molecule has 3 aromatic heterocycles. The van der Waals surface area contributed by atoms with Crippen molar-refractivity contribution in [3.05, 3.63) is 77.8 Å². The van der Waals surface area contributed by atoms with Crippen LogP contribution in [0.1, 0.15) is 39.5 Å². The maximum Gasteiger partial charge on any atom is 0.271 e. The number of carbonyl (C=O) groups excluding carboxylic acids is 2. The van der Waals surface area contributed by atoms with Crippen molar-refractivity contribution in [3.63, 3.8) is 0 Å². The van der Waals surface area contributed by atoms with Crippen molar-refractivity contribution in [3.8, 4) is 11.5 Å². The van der Waals surface area contributed by atoms with Gasteiger partial charge in [-0.05, 0) is 42.8 Å². The van der Waals surface area contributed by atoms with Gasteiger partial charge in [0.05, 0.1) is 12.3 Å². The lowest BCUT2D eigenvalue weighted by Crippen LogP contribution is -2.28. The standard InChI is InChI=1S/C20H16FN5O3/c1-11(12-4-2-5-13(21)8-12)24-20(28)15-9-14(16-6-3-7-29-16)25-19-17(18(22)27)23-10-26(15)19/h2-11H,1H3,(H2,22,27)(H,24,28)/t11-/m0/s1. The first-order chi connectivity index (χ1) is 13.9. The summed E-state index contributed by atoms with van der Waals surface area (Å²) in [5.41, 5.74) is 6.57. The number of imidazole rings is 1. The van der Waals surface area contributed by atoms with E-state index < -0.39 is 23.7 Å². The van der Waals surface area contributed by atoms with Crippen LogP contribution in [0.2, 0.25) is 0 Å². The van der Waals surface area contributed by atoms with Gasteiger partial charge in [-0.15, -0.1) is 0 Å². The van der Waals surface area contributed by atoms with Crippen molar-refractivity contribution in [1.29, 1.82) is 0 Å². The Bertz CT molecular complexity index is 1220. The largest absolute Gasteiger partial charge is 0.463 e. The van der Waals surface area contributed by atoms with E-state index in [2.05, 4.69) is 15.3 Å². The van der Waals surface area contributed by atoms with Crippen LogP contribution < -0.4 is 11.1 Å². The molecule has 0 aliphatic rings. The Morgan fingerprint density at radius 3 is 2.76 bits per heavy atom. The number of carbonyl (C=O) groups is 2. The first kappa shape index (κ1) is 18.4. The summed E-state index contributed by atoms with van der Waals surface area (Å²) in [6, 6.07) is 10.4. The van der Waals surface area contributed by atoms with Gasteiger partial charge in [0, 0.05) is 0 Å². The maximum atomic E-state index is 13.5. The number of aromatic nitrogens is 3. The van der Waals surface area contributed by atoms with Crippen LogP contribution >= 0.6 is 0 Å². The molecule has 3 N–H and O–H groups in total. The van der Waals surface area contributed by atoms with Crippen LogP contribution in [0.15, 0.2) is 59.5 Å². The summed E-state index contributed by atoms with van der Waals surface area (Å²) in [7, 11) is 0. The number of rotatable bonds is 5. The Balaban J connectivity index is 1.77. The number of halogens is 1. The third-order valence-electron chi connectivity index (χ3n) is 4.44. The Labute approximate surface area is 164 Å². The molecule has 4 rings (SSSR count). The second-order valence-corrected chi connectivity index (χ2v) is 6.41. The summed E-state index contributed by atoms with van der Waals surface area (Å²) in [5, 5.41) is 2.81. The Morgan fingerprint density at radius 1 is 1.24 bits per heavy atom. The van der Waals surface area contributed by atoms with Gasteiger partial charge >= 0.3 is 0 Å². The van der Waals surface area contributed by atoms with E-state index in [4.69, 9.17) is 10.2 Å². The molecule has 0 aliphatic carbocycles. The molecule has 0 unspecified atom stereocenters. The molecule has 1 atom stereocenters. The molecule has 0 bridgehead atoms. The molecule has 0 fully saturated rings. The highest BCUT2D eigenvalue weighted by Crippen LogP contribution is 2.22. The molecule has 1 aromatic carbocycles. The van der Waals surface area contributed by atoms with Gasteiger partial charge in [-0.1, -0.05) is 12.1 Å². The van der Waals surface area contributed by atoms with Crippen molar-refractivity contribution in [2.24, 2.45) is 5.73 Å². The minimum atomic E-state index is -0.768. The van der Waals surface area contributed by atoms with Gasteiger partial charge in [0.2, 0.25) is 0 Å². The third kappa shape index (κ3) is 3.45. The number of fused-ring (bicyclic) bond motifs is 1. The molecule has 0 saturated heterocycles. The molecule has 29 heavy (non-hydrogen) atoms. The van der Waals surface area contributed by atoms with Gasteiger partial charge in [0.25, 0.3) is 11.8 Å². The molecule has 9 heteroatoms. The molecule has 2 amide bonds. The molecule has 146 valence electrons. The summed E-state index contributed by atoms with van der Waals surface area (Å²) in [5.74, 6) is -1.21. The van der Waals surface area contributed by atoms with E-state index in [1.54, 1.807) is 31.2 Å². The normalized spacial score (nSPS) is 12.1.